The summed E-state index contributed by atoms with van der Waals surface area (Å²) in [5.41, 5.74) is 1.22. The minimum atomic E-state index is -0.152. The largest absolute Gasteiger partial charge is 0.313 e. The van der Waals surface area contributed by atoms with Gasteiger partial charge in [-0.25, -0.2) is 4.39 Å². The minimum Gasteiger partial charge on any atom is -0.313 e. The van der Waals surface area contributed by atoms with Gasteiger partial charge in [0.1, 0.15) is 5.82 Å². The van der Waals surface area contributed by atoms with Crippen molar-refractivity contribution in [2.24, 2.45) is 11.8 Å². The Hall–Kier alpha value is -0.890. The van der Waals surface area contributed by atoms with Crippen LogP contribution >= 0.6 is 0 Å². The van der Waals surface area contributed by atoms with Crippen LogP contribution in [0.3, 0.4) is 0 Å². The van der Waals surface area contributed by atoms with Crippen LogP contribution in [0.25, 0.3) is 0 Å². The molecular formula is C15H22FN. The molecule has 2 heteroatoms. The van der Waals surface area contributed by atoms with Gasteiger partial charge in [0.15, 0.2) is 0 Å². The maximum absolute atomic E-state index is 12.9. The minimum absolute atomic E-state index is 0.152. The van der Waals surface area contributed by atoms with Crippen molar-refractivity contribution in [3.8, 4) is 0 Å². The summed E-state index contributed by atoms with van der Waals surface area (Å²) in [6.45, 7) is 2.34. The van der Waals surface area contributed by atoms with Crippen LogP contribution in [0, 0.1) is 17.7 Å². The topological polar surface area (TPSA) is 12.0 Å². The van der Waals surface area contributed by atoms with Crippen molar-refractivity contribution in [3.63, 3.8) is 0 Å². The Bertz CT molecular complexity index is 338. The summed E-state index contributed by atoms with van der Waals surface area (Å²) in [6.07, 6.45) is 5.21. The zero-order valence-corrected chi connectivity index (χ0v) is 10.7. The lowest BCUT2D eigenvalue weighted by molar-refractivity contribution is 0.238. The highest BCUT2D eigenvalue weighted by Gasteiger charge is 2.25. The number of hydrogen-bond donors (Lipinski definition) is 1. The highest BCUT2D eigenvalue weighted by atomic mass is 19.1. The molecule has 1 aliphatic carbocycles. The second kappa shape index (κ2) is 5.63. The number of benzene rings is 1. The van der Waals surface area contributed by atoms with Gasteiger partial charge in [-0.2, -0.15) is 0 Å². The third-order valence-electron chi connectivity index (χ3n) is 4.07. The first-order valence-corrected chi connectivity index (χ1v) is 6.63. The van der Waals surface area contributed by atoms with Crippen LogP contribution in [-0.4, -0.2) is 7.05 Å². The molecule has 1 aromatic rings. The quantitative estimate of drug-likeness (QED) is 0.837. The molecule has 1 aromatic carbocycles. The molecule has 0 spiro atoms. The highest BCUT2D eigenvalue weighted by molar-refractivity contribution is 5.20. The van der Waals surface area contributed by atoms with Gasteiger partial charge in [0.05, 0.1) is 0 Å². The monoisotopic (exact) mass is 235 g/mol. The summed E-state index contributed by atoms with van der Waals surface area (Å²) in [7, 11) is 2.01. The van der Waals surface area contributed by atoms with Crippen LogP contribution in [-0.2, 0) is 0 Å². The third kappa shape index (κ3) is 3.06. The van der Waals surface area contributed by atoms with Crippen molar-refractivity contribution < 1.29 is 4.39 Å². The molecule has 17 heavy (non-hydrogen) atoms. The van der Waals surface area contributed by atoms with Crippen LogP contribution in [0.4, 0.5) is 4.39 Å². The maximum atomic E-state index is 12.9. The molecule has 0 radical (unpaired) electrons. The fourth-order valence-corrected chi connectivity index (χ4v) is 2.96. The van der Waals surface area contributed by atoms with Gasteiger partial charge >= 0.3 is 0 Å². The molecule has 2 rings (SSSR count). The zero-order chi connectivity index (χ0) is 12.3. The van der Waals surface area contributed by atoms with Crippen LogP contribution in [0.15, 0.2) is 24.3 Å². The molecule has 1 nitrogen and oxygen atoms in total. The molecule has 94 valence electrons. The summed E-state index contributed by atoms with van der Waals surface area (Å²) >= 11 is 0. The predicted octanol–water partition coefficient (Wildman–Crippen LogP) is 3.91. The smallest absolute Gasteiger partial charge is 0.123 e. The maximum Gasteiger partial charge on any atom is 0.123 e. The van der Waals surface area contributed by atoms with E-state index in [4.69, 9.17) is 0 Å². The molecule has 1 unspecified atom stereocenters. The van der Waals surface area contributed by atoms with E-state index in [1.54, 1.807) is 12.1 Å². The van der Waals surface area contributed by atoms with E-state index in [1.807, 2.05) is 19.2 Å². The molecular weight excluding hydrogens is 213 g/mol. The highest BCUT2D eigenvalue weighted by Crippen LogP contribution is 2.36. The Balaban J connectivity index is 2.08. The van der Waals surface area contributed by atoms with Crippen molar-refractivity contribution >= 4 is 0 Å². The summed E-state index contributed by atoms with van der Waals surface area (Å²) in [4.78, 5) is 0. The van der Waals surface area contributed by atoms with Gasteiger partial charge in [-0.15, -0.1) is 0 Å². The molecule has 1 N–H and O–H groups in total. The van der Waals surface area contributed by atoms with Crippen molar-refractivity contribution in [3.05, 3.63) is 35.6 Å². The Morgan fingerprint density at radius 2 is 1.71 bits per heavy atom. The molecule has 1 aliphatic rings. The zero-order valence-electron chi connectivity index (χ0n) is 10.7. The standard InChI is InChI=1S/C15H22FN/c1-11-3-5-12(6-4-11)15(17-2)13-7-9-14(16)10-8-13/h7-12,15,17H,3-6H2,1-2H3. The van der Waals surface area contributed by atoms with E-state index in [9.17, 15) is 4.39 Å². The van der Waals surface area contributed by atoms with E-state index in [-0.39, 0.29) is 5.82 Å². The van der Waals surface area contributed by atoms with Gasteiger partial charge in [0, 0.05) is 6.04 Å². The Kier molecular flexibility index (Phi) is 4.16. The Morgan fingerprint density at radius 3 is 2.24 bits per heavy atom. The van der Waals surface area contributed by atoms with Crippen LogP contribution in [0.5, 0.6) is 0 Å². The molecule has 0 bridgehead atoms. The SMILES string of the molecule is CNC(c1ccc(F)cc1)C1CCC(C)CC1. The van der Waals surface area contributed by atoms with Gasteiger partial charge in [0.25, 0.3) is 0 Å². The van der Waals surface area contributed by atoms with Gasteiger partial charge in [-0.05, 0) is 49.4 Å². The number of hydrogen-bond acceptors (Lipinski definition) is 1. The first-order chi connectivity index (χ1) is 8.20. The van der Waals surface area contributed by atoms with Crippen LogP contribution in [0.2, 0.25) is 0 Å². The van der Waals surface area contributed by atoms with E-state index in [1.165, 1.54) is 31.2 Å². The van der Waals surface area contributed by atoms with E-state index in [0.717, 1.165) is 5.92 Å². The fraction of sp³-hybridized carbons (Fsp3) is 0.600. The fourth-order valence-electron chi connectivity index (χ4n) is 2.96. The number of halogens is 1. The van der Waals surface area contributed by atoms with Gasteiger partial charge in [-0.1, -0.05) is 31.9 Å². The molecule has 0 amide bonds. The molecule has 0 saturated heterocycles. The summed E-state index contributed by atoms with van der Waals surface area (Å²) in [5.74, 6) is 1.42. The lowest BCUT2D eigenvalue weighted by Crippen LogP contribution is -2.28. The molecule has 0 aromatic heterocycles. The second-order valence-electron chi connectivity index (χ2n) is 5.34. The third-order valence-corrected chi connectivity index (χ3v) is 4.07. The number of rotatable bonds is 3. The van der Waals surface area contributed by atoms with Gasteiger partial charge in [0.2, 0.25) is 0 Å². The normalized spacial score (nSPS) is 26.8. The molecule has 1 saturated carbocycles. The molecule has 1 atom stereocenters. The van der Waals surface area contributed by atoms with Crippen molar-refractivity contribution in [1.29, 1.82) is 0 Å². The summed E-state index contributed by atoms with van der Waals surface area (Å²) in [6, 6.07) is 7.32. The van der Waals surface area contributed by atoms with E-state index < -0.39 is 0 Å². The number of nitrogens with one attached hydrogen (secondary N) is 1. The van der Waals surface area contributed by atoms with Gasteiger partial charge < -0.3 is 5.32 Å². The van der Waals surface area contributed by atoms with Gasteiger partial charge in [-0.3, -0.25) is 0 Å². The van der Waals surface area contributed by atoms with Crippen molar-refractivity contribution in [2.45, 2.75) is 38.6 Å². The lowest BCUT2D eigenvalue weighted by atomic mass is 9.77. The first-order valence-electron chi connectivity index (χ1n) is 6.63. The second-order valence-corrected chi connectivity index (χ2v) is 5.34. The van der Waals surface area contributed by atoms with Crippen LogP contribution < -0.4 is 5.32 Å². The Morgan fingerprint density at radius 1 is 1.12 bits per heavy atom. The average molecular weight is 235 g/mol. The predicted molar refractivity (Wildman–Crippen MR) is 69.3 cm³/mol. The molecule has 1 fully saturated rings. The lowest BCUT2D eigenvalue weighted by Gasteiger charge is -2.33. The van der Waals surface area contributed by atoms with Crippen molar-refractivity contribution in [2.75, 3.05) is 7.05 Å². The Labute approximate surface area is 103 Å². The molecule has 0 aliphatic heterocycles. The average Bonchev–Trinajstić information content (AvgIpc) is 2.35. The van der Waals surface area contributed by atoms with E-state index >= 15 is 0 Å². The van der Waals surface area contributed by atoms with E-state index in [2.05, 4.69) is 12.2 Å². The summed E-state index contributed by atoms with van der Waals surface area (Å²) in [5, 5.41) is 3.40. The van der Waals surface area contributed by atoms with Crippen molar-refractivity contribution in [1.82, 2.24) is 5.32 Å². The molecule has 0 heterocycles. The summed E-state index contributed by atoms with van der Waals surface area (Å²) < 4.78 is 12.9. The van der Waals surface area contributed by atoms with Crippen LogP contribution in [0.1, 0.15) is 44.2 Å². The van der Waals surface area contributed by atoms with E-state index in [0.29, 0.717) is 12.0 Å². The first kappa shape index (κ1) is 12.6.